The predicted octanol–water partition coefficient (Wildman–Crippen LogP) is 0.975. The number of hydrogen-bond donors (Lipinski definition) is 1. The number of nitro benzene ring substituents is 1. The van der Waals surface area contributed by atoms with Crippen LogP contribution in [-0.2, 0) is 32.7 Å². The van der Waals surface area contributed by atoms with E-state index in [-0.39, 0.29) is 44.1 Å². The molecule has 0 unspecified atom stereocenters. The van der Waals surface area contributed by atoms with E-state index in [1.54, 1.807) is 0 Å². The van der Waals surface area contributed by atoms with Crippen molar-refractivity contribution in [3.8, 4) is 0 Å². The minimum Gasteiger partial charge on any atom is -0.420 e. The van der Waals surface area contributed by atoms with Gasteiger partial charge in [0.1, 0.15) is 0 Å². The van der Waals surface area contributed by atoms with Gasteiger partial charge in [-0.25, -0.2) is 0 Å². The number of nitrogens with zero attached hydrogens (tertiary/aromatic N) is 1. The van der Waals surface area contributed by atoms with E-state index >= 15 is 0 Å². The van der Waals surface area contributed by atoms with Crippen molar-refractivity contribution in [2.45, 2.75) is 0 Å². The first kappa shape index (κ1) is 10.5. The number of anilines is 1. The van der Waals surface area contributed by atoms with Crippen molar-refractivity contribution >= 4 is 11.4 Å². The zero-order valence-electron chi connectivity index (χ0n) is 5.65. The molecule has 0 saturated carbocycles. The molecule has 4 nitrogen and oxygen atoms in total. The number of benzene rings is 1. The molecule has 2 N–H and O–H groups in total. The Balaban J connectivity index is 0.000001000. The predicted molar refractivity (Wildman–Crippen MR) is 36.3 cm³/mol. The Bertz CT molecular complexity index is 265. The topological polar surface area (TPSA) is 69.2 Å². The number of hydrogen-bond acceptors (Lipinski definition) is 3. The van der Waals surface area contributed by atoms with Gasteiger partial charge >= 0.3 is 0 Å². The first-order valence-corrected chi connectivity index (χ1v) is 2.62. The van der Waals surface area contributed by atoms with E-state index in [0.29, 0.717) is 0 Å². The summed E-state index contributed by atoms with van der Waals surface area (Å²) in [6.07, 6.45) is 0. The Kier molecular flexibility index (Phi) is 4.22. The van der Waals surface area contributed by atoms with E-state index < -0.39 is 4.92 Å². The first-order chi connectivity index (χ1) is 4.70. The Morgan fingerprint density at radius 3 is 2.64 bits per heavy atom. The molecule has 0 amide bonds. The molecule has 1 rings (SSSR count). The number of non-ortho nitro benzene ring substituents is 1. The van der Waals surface area contributed by atoms with E-state index in [0.717, 1.165) is 0 Å². The minimum absolute atomic E-state index is 0. The molecule has 0 saturated heterocycles. The Morgan fingerprint density at radius 2 is 2.27 bits per heavy atom. The third kappa shape index (κ3) is 2.95. The maximum atomic E-state index is 10.1. The largest absolute Gasteiger partial charge is 0.420 e. The minimum atomic E-state index is -0.496. The summed E-state index contributed by atoms with van der Waals surface area (Å²) in [4.78, 5) is 9.59. The summed E-state index contributed by atoms with van der Waals surface area (Å²) in [5.74, 6) is 0. The van der Waals surface area contributed by atoms with Gasteiger partial charge in [-0.1, -0.05) is 17.8 Å². The molecule has 1 radical (unpaired) electrons. The van der Waals surface area contributed by atoms with Crippen LogP contribution < -0.4 is 5.73 Å². The molecule has 0 aromatic heterocycles. The van der Waals surface area contributed by atoms with Crippen LogP contribution in [0.1, 0.15) is 0 Å². The summed E-state index contributed by atoms with van der Waals surface area (Å²) < 4.78 is 0. The summed E-state index contributed by atoms with van der Waals surface area (Å²) >= 11 is 0. The van der Waals surface area contributed by atoms with Crippen LogP contribution in [0.2, 0.25) is 0 Å². The molecule has 0 aliphatic carbocycles. The summed E-state index contributed by atoms with van der Waals surface area (Å²) in [6, 6.07) is 6.63. The summed E-state index contributed by atoms with van der Waals surface area (Å²) in [5.41, 5.74) is 5.52. The van der Waals surface area contributed by atoms with Crippen LogP contribution >= 0.6 is 0 Å². The van der Waals surface area contributed by atoms with E-state index in [2.05, 4.69) is 6.07 Å². The molecule has 0 aliphatic heterocycles. The van der Waals surface area contributed by atoms with Gasteiger partial charge in [-0.2, -0.15) is 12.1 Å². The Labute approximate surface area is 88.8 Å². The zero-order valence-corrected chi connectivity index (χ0v) is 8.49. The first-order valence-electron chi connectivity index (χ1n) is 2.62. The van der Waals surface area contributed by atoms with E-state index in [1.807, 2.05) is 0 Å². The van der Waals surface area contributed by atoms with Gasteiger partial charge < -0.3 is 5.73 Å². The van der Waals surface area contributed by atoms with Crippen molar-refractivity contribution in [3.63, 3.8) is 0 Å². The zero-order chi connectivity index (χ0) is 7.56. The molecular weight excluding hydrogens is 221 g/mol. The number of rotatable bonds is 1. The van der Waals surface area contributed by atoms with Crippen molar-refractivity contribution in [2.75, 3.05) is 5.73 Å². The quantitative estimate of drug-likeness (QED) is 0.335. The number of nitrogen functional groups attached to an aromatic ring is 1. The van der Waals surface area contributed by atoms with E-state index in [9.17, 15) is 10.1 Å². The maximum Gasteiger partial charge on any atom is 0.168 e. The standard InChI is InChI=1S/C6H5N2O2.Y/c7-5-2-1-3-6(4-5)8(9)10;/h1,3-4H,7H2;/q-1;. The van der Waals surface area contributed by atoms with Gasteiger partial charge in [-0.15, -0.1) is 0 Å². The second-order valence-corrected chi connectivity index (χ2v) is 1.76. The molecule has 0 atom stereocenters. The molecule has 11 heavy (non-hydrogen) atoms. The van der Waals surface area contributed by atoms with Crippen LogP contribution in [0.15, 0.2) is 18.2 Å². The van der Waals surface area contributed by atoms with Crippen LogP contribution in [-0.4, -0.2) is 4.92 Å². The Hall–Kier alpha value is -0.476. The summed E-state index contributed by atoms with van der Waals surface area (Å²) in [5, 5.41) is 10.1. The second kappa shape index (κ2) is 4.41. The van der Waals surface area contributed by atoms with E-state index in [1.165, 1.54) is 18.2 Å². The number of nitro groups is 1. The van der Waals surface area contributed by atoms with Crippen LogP contribution in [0.25, 0.3) is 0 Å². The van der Waals surface area contributed by atoms with Crippen LogP contribution in [0, 0.1) is 16.2 Å². The van der Waals surface area contributed by atoms with Gasteiger partial charge in [0.05, 0.1) is 0 Å². The van der Waals surface area contributed by atoms with Gasteiger partial charge in [0.2, 0.25) is 0 Å². The average molecular weight is 226 g/mol. The van der Waals surface area contributed by atoms with Crippen molar-refractivity contribution in [1.29, 1.82) is 0 Å². The van der Waals surface area contributed by atoms with E-state index in [4.69, 9.17) is 5.73 Å². The van der Waals surface area contributed by atoms with Gasteiger partial charge in [0, 0.05) is 37.6 Å². The SMILES string of the molecule is Nc1[c-]ccc([N+](=O)[O-])c1.[Y]. The average Bonchev–Trinajstić information content (AvgIpc) is 1.88. The fourth-order valence-corrected chi connectivity index (χ4v) is 0.586. The third-order valence-corrected chi connectivity index (χ3v) is 1.02. The molecule has 55 valence electrons. The van der Waals surface area contributed by atoms with Gasteiger partial charge in [0.25, 0.3) is 0 Å². The molecule has 0 spiro atoms. The third-order valence-electron chi connectivity index (χ3n) is 1.02. The fourth-order valence-electron chi connectivity index (χ4n) is 0.586. The van der Waals surface area contributed by atoms with Crippen molar-refractivity contribution in [1.82, 2.24) is 0 Å². The molecular formula is C6H5N2O2Y-. The molecule has 0 bridgehead atoms. The van der Waals surface area contributed by atoms with Crippen molar-refractivity contribution < 1.29 is 37.6 Å². The maximum absolute atomic E-state index is 10.1. The molecule has 1 aromatic rings. The molecule has 0 aliphatic rings. The van der Waals surface area contributed by atoms with Gasteiger partial charge in [-0.3, -0.25) is 10.1 Å². The second-order valence-electron chi connectivity index (χ2n) is 1.76. The van der Waals surface area contributed by atoms with Crippen molar-refractivity contribution in [2.24, 2.45) is 0 Å². The molecule has 5 heteroatoms. The van der Waals surface area contributed by atoms with Gasteiger partial charge in [0.15, 0.2) is 5.69 Å². The smallest absolute Gasteiger partial charge is 0.168 e. The monoisotopic (exact) mass is 226 g/mol. The fraction of sp³-hybridized carbons (Fsp3) is 0. The van der Waals surface area contributed by atoms with Crippen LogP contribution in [0.4, 0.5) is 11.4 Å². The normalized spacial score (nSPS) is 8.36. The van der Waals surface area contributed by atoms with Crippen LogP contribution in [0.3, 0.4) is 0 Å². The Morgan fingerprint density at radius 1 is 1.64 bits per heavy atom. The summed E-state index contributed by atoms with van der Waals surface area (Å²) in [7, 11) is 0. The van der Waals surface area contributed by atoms with Gasteiger partial charge in [-0.05, 0) is 0 Å². The van der Waals surface area contributed by atoms with Crippen molar-refractivity contribution in [3.05, 3.63) is 34.4 Å². The summed E-state index contributed by atoms with van der Waals surface area (Å²) in [6.45, 7) is 0. The molecule has 0 fully saturated rings. The molecule has 0 heterocycles. The molecule has 1 aromatic carbocycles. The van der Waals surface area contributed by atoms with Crippen LogP contribution in [0.5, 0.6) is 0 Å². The number of nitrogens with two attached hydrogens (primary N) is 1.